The molecule has 3 rings (SSSR count). The third-order valence-corrected chi connectivity index (χ3v) is 3.99. The number of carbonyl (C=O) groups is 1. The Balaban J connectivity index is 1.72. The van der Waals surface area contributed by atoms with Gasteiger partial charge in [0.05, 0.1) is 11.7 Å². The summed E-state index contributed by atoms with van der Waals surface area (Å²) in [7, 11) is 0. The molecule has 110 valence electrons. The van der Waals surface area contributed by atoms with E-state index in [9.17, 15) is 4.79 Å². The summed E-state index contributed by atoms with van der Waals surface area (Å²) in [5.74, 6) is -0.0989. The molecule has 0 atom stereocenters. The number of nitrogens with two attached hydrogens (primary N) is 1. The van der Waals surface area contributed by atoms with E-state index in [1.54, 1.807) is 0 Å². The van der Waals surface area contributed by atoms with Crippen LogP contribution in [0.2, 0.25) is 0 Å². The van der Waals surface area contributed by atoms with Crippen LogP contribution in [0.15, 0.2) is 36.4 Å². The van der Waals surface area contributed by atoms with Crippen molar-refractivity contribution in [3.8, 4) is 0 Å². The number of carbonyl (C=O) groups excluding carboxylic acids is 1. The van der Waals surface area contributed by atoms with Gasteiger partial charge in [-0.25, -0.2) is 0 Å². The lowest BCUT2D eigenvalue weighted by Gasteiger charge is -2.35. The number of nitrogens with one attached hydrogen (secondary N) is 1. The van der Waals surface area contributed by atoms with Gasteiger partial charge in [0.25, 0.3) is 5.91 Å². The molecule has 4 nitrogen and oxygen atoms in total. The molecule has 0 radical (unpaired) electrons. The van der Waals surface area contributed by atoms with Crippen LogP contribution in [0.3, 0.4) is 0 Å². The molecule has 0 spiro atoms. The highest BCUT2D eigenvalue weighted by atomic mass is 16.5. The zero-order valence-corrected chi connectivity index (χ0v) is 12.1. The fourth-order valence-corrected chi connectivity index (χ4v) is 2.77. The topological polar surface area (TPSA) is 64.3 Å². The van der Waals surface area contributed by atoms with E-state index in [0.717, 1.165) is 30.2 Å². The molecule has 0 heterocycles. The van der Waals surface area contributed by atoms with Gasteiger partial charge in [-0.3, -0.25) is 4.79 Å². The minimum Gasteiger partial charge on any atom is -0.398 e. The van der Waals surface area contributed by atoms with Crippen molar-refractivity contribution in [1.82, 2.24) is 5.32 Å². The third-order valence-electron chi connectivity index (χ3n) is 3.99. The van der Waals surface area contributed by atoms with Crippen LogP contribution >= 0.6 is 0 Å². The molecule has 4 heteroatoms. The third kappa shape index (κ3) is 2.85. The van der Waals surface area contributed by atoms with Crippen molar-refractivity contribution in [1.29, 1.82) is 0 Å². The number of ether oxygens (including phenoxy) is 1. The number of rotatable bonds is 4. The first-order chi connectivity index (χ1) is 10.2. The second-order valence-electron chi connectivity index (χ2n) is 5.51. The lowest BCUT2D eigenvalue weighted by molar-refractivity contribution is -0.00861. The normalized spacial score (nSPS) is 21.0. The van der Waals surface area contributed by atoms with E-state index in [1.165, 1.54) is 0 Å². The Morgan fingerprint density at radius 3 is 2.62 bits per heavy atom. The molecule has 1 saturated carbocycles. The average molecular weight is 284 g/mol. The van der Waals surface area contributed by atoms with E-state index in [-0.39, 0.29) is 18.1 Å². The molecule has 2 aromatic rings. The molecule has 0 saturated heterocycles. The van der Waals surface area contributed by atoms with Gasteiger partial charge in [-0.05, 0) is 42.7 Å². The van der Waals surface area contributed by atoms with Crippen LogP contribution in [-0.2, 0) is 4.74 Å². The molecule has 21 heavy (non-hydrogen) atoms. The maximum Gasteiger partial charge on any atom is 0.253 e. The van der Waals surface area contributed by atoms with Crippen molar-refractivity contribution in [2.24, 2.45) is 0 Å². The minimum atomic E-state index is -0.0989. The molecular formula is C17H20N2O2. The fourth-order valence-electron chi connectivity index (χ4n) is 2.77. The van der Waals surface area contributed by atoms with Crippen molar-refractivity contribution < 1.29 is 9.53 Å². The number of hydrogen-bond donors (Lipinski definition) is 2. The molecule has 1 fully saturated rings. The van der Waals surface area contributed by atoms with Gasteiger partial charge in [-0.1, -0.05) is 24.3 Å². The number of benzene rings is 2. The van der Waals surface area contributed by atoms with E-state index < -0.39 is 0 Å². The van der Waals surface area contributed by atoms with Crippen LogP contribution < -0.4 is 11.1 Å². The highest BCUT2D eigenvalue weighted by Gasteiger charge is 2.31. The van der Waals surface area contributed by atoms with Gasteiger partial charge in [-0.15, -0.1) is 0 Å². The Kier molecular flexibility index (Phi) is 3.80. The second kappa shape index (κ2) is 5.74. The lowest BCUT2D eigenvalue weighted by Crippen LogP contribution is -2.47. The quantitative estimate of drug-likeness (QED) is 0.848. The number of anilines is 1. The van der Waals surface area contributed by atoms with Crippen LogP contribution in [0.4, 0.5) is 5.69 Å². The summed E-state index contributed by atoms with van der Waals surface area (Å²) in [5, 5.41) is 5.10. The van der Waals surface area contributed by atoms with E-state index in [0.29, 0.717) is 11.3 Å². The molecule has 0 bridgehead atoms. The molecule has 1 amide bonds. The SMILES string of the molecule is CCOC1CC(NC(=O)c2cc3ccccc3cc2N)C1. The highest BCUT2D eigenvalue weighted by Crippen LogP contribution is 2.25. The first-order valence-corrected chi connectivity index (χ1v) is 7.38. The van der Waals surface area contributed by atoms with Crippen LogP contribution in [0.5, 0.6) is 0 Å². The van der Waals surface area contributed by atoms with Crippen molar-refractivity contribution in [3.05, 3.63) is 42.0 Å². The van der Waals surface area contributed by atoms with Gasteiger partial charge in [-0.2, -0.15) is 0 Å². The molecule has 1 aliphatic carbocycles. The van der Waals surface area contributed by atoms with Crippen LogP contribution in [0.1, 0.15) is 30.1 Å². The van der Waals surface area contributed by atoms with Crippen LogP contribution in [0.25, 0.3) is 10.8 Å². The van der Waals surface area contributed by atoms with Gasteiger partial charge in [0, 0.05) is 18.3 Å². The molecule has 0 unspecified atom stereocenters. The largest absolute Gasteiger partial charge is 0.398 e. The molecule has 1 aliphatic rings. The summed E-state index contributed by atoms with van der Waals surface area (Å²) in [6, 6.07) is 11.8. The van der Waals surface area contributed by atoms with E-state index in [2.05, 4.69) is 5.32 Å². The number of amides is 1. The van der Waals surface area contributed by atoms with E-state index >= 15 is 0 Å². The Bertz CT molecular complexity index is 663. The smallest absolute Gasteiger partial charge is 0.253 e. The summed E-state index contributed by atoms with van der Waals surface area (Å²) < 4.78 is 5.50. The van der Waals surface area contributed by atoms with E-state index in [4.69, 9.17) is 10.5 Å². The second-order valence-corrected chi connectivity index (χ2v) is 5.51. The average Bonchev–Trinajstić information content (AvgIpc) is 2.44. The summed E-state index contributed by atoms with van der Waals surface area (Å²) in [4.78, 5) is 12.3. The molecule has 3 N–H and O–H groups in total. The standard InChI is InChI=1S/C17H20N2O2/c1-2-21-14-9-13(10-14)19-17(20)15-7-11-5-3-4-6-12(11)8-16(15)18/h3-8,13-14H,2,9-10,18H2,1H3,(H,19,20). The number of fused-ring (bicyclic) bond motifs is 1. The van der Waals surface area contributed by atoms with Crippen molar-refractivity contribution in [2.75, 3.05) is 12.3 Å². The Morgan fingerprint density at radius 2 is 1.95 bits per heavy atom. The first kappa shape index (κ1) is 13.9. The highest BCUT2D eigenvalue weighted by molar-refractivity contribution is 6.04. The zero-order chi connectivity index (χ0) is 14.8. The Labute approximate surface area is 124 Å². The zero-order valence-electron chi connectivity index (χ0n) is 12.1. The lowest BCUT2D eigenvalue weighted by atomic mass is 9.89. The van der Waals surface area contributed by atoms with Gasteiger partial charge in [0.15, 0.2) is 0 Å². The van der Waals surface area contributed by atoms with Gasteiger partial charge in [0.2, 0.25) is 0 Å². The van der Waals surface area contributed by atoms with Gasteiger partial charge in [0.1, 0.15) is 0 Å². The molecule has 2 aromatic carbocycles. The maximum absolute atomic E-state index is 12.3. The van der Waals surface area contributed by atoms with Crippen LogP contribution in [-0.4, -0.2) is 24.7 Å². The number of hydrogen-bond acceptors (Lipinski definition) is 3. The van der Waals surface area contributed by atoms with Crippen molar-refractivity contribution in [3.63, 3.8) is 0 Å². The van der Waals surface area contributed by atoms with E-state index in [1.807, 2.05) is 43.3 Å². The van der Waals surface area contributed by atoms with Crippen molar-refractivity contribution >= 4 is 22.4 Å². The Hall–Kier alpha value is -2.07. The maximum atomic E-state index is 12.3. The fraction of sp³-hybridized carbons (Fsp3) is 0.353. The molecule has 0 aliphatic heterocycles. The predicted molar refractivity (Wildman–Crippen MR) is 84.3 cm³/mol. The minimum absolute atomic E-state index is 0.0989. The van der Waals surface area contributed by atoms with Gasteiger partial charge < -0.3 is 15.8 Å². The first-order valence-electron chi connectivity index (χ1n) is 7.38. The summed E-state index contributed by atoms with van der Waals surface area (Å²) in [6.45, 7) is 2.71. The summed E-state index contributed by atoms with van der Waals surface area (Å²) in [6.07, 6.45) is 2.05. The summed E-state index contributed by atoms with van der Waals surface area (Å²) in [5.41, 5.74) is 7.08. The monoisotopic (exact) mass is 284 g/mol. The molecular weight excluding hydrogens is 264 g/mol. The predicted octanol–water partition coefficient (Wildman–Crippen LogP) is 2.72. The summed E-state index contributed by atoms with van der Waals surface area (Å²) >= 11 is 0. The Morgan fingerprint density at radius 1 is 1.29 bits per heavy atom. The number of nitrogen functional groups attached to an aromatic ring is 1. The molecule has 0 aromatic heterocycles. The van der Waals surface area contributed by atoms with Gasteiger partial charge >= 0.3 is 0 Å². The van der Waals surface area contributed by atoms with Crippen molar-refractivity contribution in [2.45, 2.75) is 31.9 Å². The van der Waals surface area contributed by atoms with Crippen LogP contribution in [0, 0.1) is 0 Å².